The van der Waals surface area contributed by atoms with Gasteiger partial charge in [0.05, 0.1) is 6.54 Å². The number of carbonyl (C=O) groups is 2. The first-order chi connectivity index (χ1) is 10.8. The van der Waals surface area contributed by atoms with Crippen LogP contribution in [-0.4, -0.2) is 54.0 Å². The number of rotatable bonds is 3. The molecule has 1 aliphatic carbocycles. The average molecular weight is 307 g/mol. The van der Waals surface area contributed by atoms with Crippen molar-refractivity contribution < 1.29 is 9.59 Å². The molecule has 2 saturated heterocycles. The summed E-state index contributed by atoms with van der Waals surface area (Å²) >= 11 is 0. The molecule has 0 aromatic heterocycles. The summed E-state index contributed by atoms with van der Waals surface area (Å²) in [6, 6.07) is 0.378. The highest BCUT2D eigenvalue weighted by molar-refractivity contribution is 5.84. The Labute approximate surface area is 133 Å². The maximum atomic E-state index is 12.5. The fourth-order valence-electron chi connectivity index (χ4n) is 4.38. The maximum Gasteiger partial charge on any atom is 0.318 e. The van der Waals surface area contributed by atoms with Gasteiger partial charge in [-0.05, 0) is 44.4 Å². The maximum absolute atomic E-state index is 12.5. The molecule has 1 N–H and O–H groups in total. The Bertz CT molecular complexity index is 401. The fourth-order valence-corrected chi connectivity index (χ4v) is 4.38. The standard InChI is InChI=1S/C17H29N3O2/c21-16(19-10-4-5-11-19)13-18-17(22)20-12-6-9-15(20)14-7-2-1-3-8-14/h14-15H,1-13H2,(H,18,22). The van der Waals surface area contributed by atoms with Crippen LogP contribution in [-0.2, 0) is 4.79 Å². The molecule has 5 nitrogen and oxygen atoms in total. The second-order valence-corrected chi connectivity index (χ2v) is 7.05. The summed E-state index contributed by atoms with van der Waals surface area (Å²) in [5.74, 6) is 0.746. The second kappa shape index (κ2) is 7.34. The molecule has 1 saturated carbocycles. The zero-order chi connectivity index (χ0) is 15.4. The molecule has 1 unspecified atom stereocenters. The van der Waals surface area contributed by atoms with Gasteiger partial charge in [-0.25, -0.2) is 4.79 Å². The first kappa shape index (κ1) is 15.6. The van der Waals surface area contributed by atoms with E-state index < -0.39 is 0 Å². The molecule has 3 amide bonds. The van der Waals surface area contributed by atoms with Crippen molar-refractivity contribution in [3.05, 3.63) is 0 Å². The molecule has 22 heavy (non-hydrogen) atoms. The van der Waals surface area contributed by atoms with Gasteiger partial charge in [0.15, 0.2) is 0 Å². The monoisotopic (exact) mass is 307 g/mol. The lowest BCUT2D eigenvalue weighted by atomic mass is 9.83. The Morgan fingerprint density at radius 3 is 2.32 bits per heavy atom. The zero-order valence-electron chi connectivity index (χ0n) is 13.6. The fraction of sp³-hybridized carbons (Fsp3) is 0.882. The molecule has 1 atom stereocenters. The van der Waals surface area contributed by atoms with Crippen molar-refractivity contribution in [2.75, 3.05) is 26.2 Å². The molecule has 2 heterocycles. The predicted molar refractivity (Wildman–Crippen MR) is 85.5 cm³/mol. The highest BCUT2D eigenvalue weighted by atomic mass is 16.2. The molecule has 0 radical (unpaired) electrons. The summed E-state index contributed by atoms with van der Waals surface area (Å²) < 4.78 is 0. The van der Waals surface area contributed by atoms with E-state index in [-0.39, 0.29) is 18.5 Å². The summed E-state index contributed by atoms with van der Waals surface area (Å²) in [6.07, 6.45) is 10.9. The van der Waals surface area contributed by atoms with Crippen LogP contribution >= 0.6 is 0 Å². The third-order valence-electron chi connectivity index (χ3n) is 5.60. The van der Waals surface area contributed by atoms with Gasteiger partial charge in [-0.1, -0.05) is 19.3 Å². The van der Waals surface area contributed by atoms with Crippen molar-refractivity contribution in [3.63, 3.8) is 0 Å². The van der Waals surface area contributed by atoms with Gasteiger partial charge in [0.2, 0.25) is 5.91 Å². The Balaban J connectivity index is 1.48. The van der Waals surface area contributed by atoms with Crippen molar-refractivity contribution in [2.45, 2.75) is 63.8 Å². The summed E-state index contributed by atoms with van der Waals surface area (Å²) in [6.45, 7) is 2.71. The molecular formula is C17H29N3O2. The molecule has 0 aromatic carbocycles. The minimum atomic E-state index is -0.0272. The van der Waals surface area contributed by atoms with E-state index in [9.17, 15) is 9.59 Å². The largest absolute Gasteiger partial charge is 0.341 e. The smallest absolute Gasteiger partial charge is 0.318 e. The highest BCUT2D eigenvalue weighted by Crippen LogP contribution is 2.34. The number of urea groups is 1. The topological polar surface area (TPSA) is 52.7 Å². The van der Waals surface area contributed by atoms with Crippen LogP contribution in [0.2, 0.25) is 0 Å². The molecule has 0 aromatic rings. The Morgan fingerprint density at radius 2 is 1.59 bits per heavy atom. The third kappa shape index (κ3) is 3.55. The molecule has 0 bridgehead atoms. The van der Waals surface area contributed by atoms with Gasteiger partial charge in [-0.15, -0.1) is 0 Å². The minimum Gasteiger partial charge on any atom is -0.341 e. The number of hydrogen-bond donors (Lipinski definition) is 1. The lowest BCUT2D eigenvalue weighted by Gasteiger charge is -2.34. The van der Waals surface area contributed by atoms with Gasteiger partial charge >= 0.3 is 6.03 Å². The molecule has 5 heteroatoms. The van der Waals surface area contributed by atoms with Gasteiger partial charge < -0.3 is 15.1 Å². The molecule has 0 spiro atoms. The van der Waals surface area contributed by atoms with Gasteiger partial charge in [-0.3, -0.25) is 4.79 Å². The lowest BCUT2D eigenvalue weighted by Crippen LogP contribution is -2.48. The van der Waals surface area contributed by atoms with Gasteiger partial charge in [0, 0.05) is 25.7 Å². The molecule has 124 valence electrons. The first-order valence-corrected chi connectivity index (χ1v) is 9.08. The molecule has 2 aliphatic heterocycles. The van der Waals surface area contributed by atoms with Crippen LogP contribution in [0.25, 0.3) is 0 Å². The van der Waals surface area contributed by atoms with Crippen LogP contribution in [0.1, 0.15) is 57.8 Å². The molecule has 3 rings (SSSR count). The van der Waals surface area contributed by atoms with E-state index in [1.165, 1.54) is 32.1 Å². The zero-order valence-corrected chi connectivity index (χ0v) is 13.6. The Kier molecular flexibility index (Phi) is 5.21. The Morgan fingerprint density at radius 1 is 0.864 bits per heavy atom. The number of likely N-dealkylation sites (tertiary alicyclic amines) is 2. The van der Waals surface area contributed by atoms with Crippen LogP contribution in [0.15, 0.2) is 0 Å². The van der Waals surface area contributed by atoms with Crippen molar-refractivity contribution >= 4 is 11.9 Å². The van der Waals surface area contributed by atoms with E-state index in [1.807, 2.05) is 9.80 Å². The molecular weight excluding hydrogens is 278 g/mol. The summed E-state index contributed by atoms with van der Waals surface area (Å²) in [5.41, 5.74) is 0. The van der Waals surface area contributed by atoms with E-state index >= 15 is 0 Å². The van der Waals surface area contributed by atoms with Gasteiger partial charge in [0.25, 0.3) is 0 Å². The summed E-state index contributed by atoms with van der Waals surface area (Å²) in [7, 11) is 0. The van der Waals surface area contributed by atoms with Crippen LogP contribution in [0.4, 0.5) is 4.79 Å². The van der Waals surface area contributed by atoms with Gasteiger partial charge in [-0.2, -0.15) is 0 Å². The predicted octanol–water partition coefficient (Wildman–Crippen LogP) is 2.36. The van der Waals surface area contributed by atoms with Crippen molar-refractivity contribution in [2.24, 2.45) is 5.92 Å². The summed E-state index contributed by atoms with van der Waals surface area (Å²) in [4.78, 5) is 28.4. The lowest BCUT2D eigenvalue weighted by molar-refractivity contribution is -0.129. The molecule has 3 aliphatic rings. The first-order valence-electron chi connectivity index (χ1n) is 9.08. The number of nitrogens with one attached hydrogen (secondary N) is 1. The van der Waals surface area contributed by atoms with E-state index in [0.717, 1.165) is 45.3 Å². The van der Waals surface area contributed by atoms with E-state index in [1.54, 1.807) is 0 Å². The number of amides is 3. The van der Waals surface area contributed by atoms with E-state index in [4.69, 9.17) is 0 Å². The summed E-state index contributed by atoms with van der Waals surface area (Å²) in [5, 5.41) is 2.87. The number of carbonyl (C=O) groups excluding carboxylic acids is 2. The molecule has 3 fully saturated rings. The minimum absolute atomic E-state index is 0.0272. The van der Waals surface area contributed by atoms with Crippen LogP contribution in [0.5, 0.6) is 0 Å². The van der Waals surface area contributed by atoms with Crippen molar-refractivity contribution in [1.29, 1.82) is 0 Å². The van der Waals surface area contributed by atoms with Crippen LogP contribution in [0.3, 0.4) is 0 Å². The SMILES string of the molecule is O=C(CNC(=O)N1CCCC1C1CCCCC1)N1CCCC1. The van der Waals surface area contributed by atoms with Crippen LogP contribution < -0.4 is 5.32 Å². The van der Waals surface area contributed by atoms with Crippen molar-refractivity contribution in [1.82, 2.24) is 15.1 Å². The number of nitrogens with zero attached hydrogens (tertiary/aromatic N) is 2. The normalized spacial score (nSPS) is 26.5. The van der Waals surface area contributed by atoms with E-state index in [2.05, 4.69) is 5.32 Å². The second-order valence-electron chi connectivity index (χ2n) is 7.05. The number of hydrogen-bond acceptors (Lipinski definition) is 2. The average Bonchev–Trinajstić information content (AvgIpc) is 3.24. The quantitative estimate of drug-likeness (QED) is 0.870. The highest BCUT2D eigenvalue weighted by Gasteiger charge is 2.35. The van der Waals surface area contributed by atoms with Crippen molar-refractivity contribution in [3.8, 4) is 0 Å². The van der Waals surface area contributed by atoms with Crippen LogP contribution in [0, 0.1) is 5.92 Å². The van der Waals surface area contributed by atoms with E-state index in [0.29, 0.717) is 12.0 Å². The third-order valence-corrected chi connectivity index (χ3v) is 5.60. The van der Waals surface area contributed by atoms with Gasteiger partial charge in [0.1, 0.15) is 0 Å². The Hall–Kier alpha value is -1.26.